The van der Waals surface area contributed by atoms with E-state index < -0.39 is 0 Å². The van der Waals surface area contributed by atoms with E-state index in [0.29, 0.717) is 18.2 Å². The molecular weight excluding hydrogens is 218 g/mol. The van der Waals surface area contributed by atoms with Gasteiger partial charge in [0, 0.05) is 11.5 Å². The summed E-state index contributed by atoms with van der Waals surface area (Å²) in [4.78, 5) is 0. The summed E-state index contributed by atoms with van der Waals surface area (Å²) in [6, 6.07) is 1.96. The molecule has 0 saturated heterocycles. The predicted octanol–water partition coefficient (Wildman–Crippen LogP) is 1.37. The molecule has 0 N–H and O–H groups in total. The first-order valence-electron chi connectivity index (χ1n) is 5.53. The van der Waals surface area contributed by atoms with Crippen molar-refractivity contribution < 1.29 is 4.52 Å². The number of hydrogen-bond donors (Lipinski definition) is 0. The molecule has 0 unspecified atom stereocenters. The summed E-state index contributed by atoms with van der Waals surface area (Å²) in [5.41, 5.74) is 2.29. The van der Waals surface area contributed by atoms with Gasteiger partial charge in [-0.2, -0.15) is 5.26 Å². The minimum Gasteiger partial charge on any atom is -0.360 e. The van der Waals surface area contributed by atoms with Crippen LogP contribution < -0.4 is 0 Å². The van der Waals surface area contributed by atoms with E-state index in [-0.39, 0.29) is 0 Å². The average Bonchev–Trinajstić information content (AvgIpc) is 2.97. The van der Waals surface area contributed by atoms with Gasteiger partial charge in [-0.3, -0.25) is 0 Å². The van der Waals surface area contributed by atoms with E-state index in [1.54, 1.807) is 10.9 Å². The smallest absolute Gasteiger partial charge is 0.182 e. The first-order valence-corrected chi connectivity index (χ1v) is 5.53. The van der Waals surface area contributed by atoms with Gasteiger partial charge in [0.25, 0.3) is 0 Å². The van der Waals surface area contributed by atoms with Crippen LogP contribution in [0.3, 0.4) is 0 Å². The van der Waals surface area contributed by atoms with Gasteiger partial charge in [0.2, 0.25) is 0 Å². The molecule has 1 aliphatic carbocycles. The molecule has 2 heterocycles. The molecule has 1 fully saturated rings. The van der Waals surface area contributed by atoms with Crippen molar-refractivity contribution in [2.75, 3.05) is 0 Å². The van der Waals surface area contributed by atoms with Crippen LogP contribution in [0.2, 0.25) is 0 Å². The van der Waals surface area contributed by atoms with Crippen LogP contribution in [0.1, 0.15) is 41.5 Å². The van der Waals surface area contributed by atoms with Crippen molar-refractivity contribution in [3.05, 3.63) is 28.9 Å². The maximum absolute atomic E-state index is 8.69. The van der Waals surface area contributed by atoms with Gasteiger partial charge >= 0.3 is 0 Å². The summed E-state index contributed by atoms with van der Waals surface area (Å²) in [5, 5.41) is 20.3. The second-order valence-electron chi connectivity index (χ2n) is 4.30. The molecule has 1 saturated carbocycles. The van der Waals surface area contributed by atoms with Crippen LogP contribution in [0.25, 0.3) is 0 Å². The second-order valence-corrected chi connectivity index (χ2v) is 4.30. The molecule has 0 radical (unpaired) electrons. The molecule has 0 aliphatic heterocycles. The third-order valence-electron chi connectivity index (χ3n) is 2.94. The maximum atomic E-state index is 8.69. The molecule has 6 heteroatoms. The lowest BCUT2D eigenvalue weighted by Crippen LogP contribution is -2.03. The Hall–Kier alpha value is -2.16. The molecule has 3 rings (SSSR count). The lowest BCUT2D eigenvalue weighted by atomic mass is 10.1. The molecule has 6 nitrogen and oxygen atoms in total. The highest BCUT2D eigenvalue weighted by atomic mass is 16.5. The molecule has 2 aromatic rings. The van der Waals surface area contributed by atoms with E-state index in [1.807, 2.05) is 13.0 Å². The third kappa shape index (κ3) is 1.80. The summed E-state index contributed by atoms with van der Waals surface area (Å²) in [6.45, 7) is 2.49. The van der Waals surface area contributed by atoms with Crippen LogP contribution in [-0.4, -0.2) is 20.2 Å². The molecule has 0 spiro atoms. The van der Waals surface area contributed by atoms with Crippen LogP contribution in [0.4, 0.5) is 0 Å². The van der Waals surface area contributed by atoms with Gasteiger partial charge in [-0.15, -0.1) is 5.10 Å². The van der Waals surface area contributed by atoms with Crippen LogP contribution in [-0.2, 0) is 6.54 Å². The van der Waals surface area contributed by atoms with Crippen molar-refractivity contribution in [1.82, 2.24) is 20.2 Å². The van der Waals surface area contributed by atoms with Gasteiger partial charge in [0.05, 0.1) is 18.4 Å². The first kappa shape index (κ1) is 10.0. The highest BCUT2D eigenvalue weighted by Gasteiger charge is 2.31. The van der Waals surface area contributed by atoms with E-state index in [4.69, 9.17) is 9.78 Å². The molecule has 0 amide bonds. The van der Waals surface area contributed by atoms with Crippen molar-refractivity contribution in [1.29, 1.82) is 5.26 Å². The second kappa shape index (κ2) is 3.70. The maximum Gasteiger partial charge on any atom is 0.182 e. The molecule has 17 heavy (non-hydrogen) atoms. The van der Waals surface area contributed by atoms with E-state index in [2.05, 4.69) is 15.5 Å². The fourth-order valence-corrected chi connectivity index (χ4v) is 1.85. The van der Waals surface area contributed by atoms with E-state index in [9.17, 15) is 0 Å². The predicted molar refractivity (Wildman–Crippen MR) is 57.1 cm³/mol. The Labute approximate surface area is 97.8 Å². The highest BCUT2D eigenvalue weighted by Crippen LogP contribution is 2.42. The fraction of sp³-hybridized carbons (Fsp3) is 0.455. The van der Waals surface area contributed by atoms with Crippen LogP contribution >= 0.6 is 0 Å². The standard InChI is InChI=1S/C11H11N5O/c1-7-10(11(17-14-7)8-2-3-8)6-16-5-9(4-12)13-15-16/h5,8H,2-3,6H2,1H3. The van der Waals surface area contributed by atoms with Gasteiger partial charge in [0.15, 0.2) is 5.69 Å². The molecular formula is C11H11N5O. The van der Waals surface area contributed by atoms with Crippen molar-refractivity contribution in [3.63, 3.8) is 0 Å². The lowest BCUT2D eigenvalue weighted by molar-refractivity contribution is 0.378. The Kier molecular flexibility index (Phi) is 2.18. The summed E-state index contributed by atoms with van der Waals surface area (Å²) < 4.78 is 6.99. The quantitative estimate of drug-likeness (QED) is 0.794. The van der Waals surface area contributed by atoms with Crippen molar-refractivity contribution >= 4 is 0 Å². The zero-order valence-corrected chi connectivity index (χ0v) is 9.42. The first-order chi connectivity index (χ1) is 8.28. The number of nitrogens with zero attached hydrogens (tertiary/aromatic N) is 5. The number of rotatable bonds is 3. The minimum atomic E-state index is 0.326. The van der Waals surface area contributed by atoms with E-state index in [1.165, 1.54) is 12.8 Å². The molecule has 1 aliphatic rings. The zero-order valence-electron chi connectivity index (χ0n) is 9.42. The van der Waals surface area contributed by atoms with Crippen molar-refractivity contribution in [2.45, 2.75) is 32.2 Å². The Bertz CT molecular complexity index is 587. The van der Waals surface area contributed by atoms with Gasteiger partial charge in [0.1, 0.15) is 11.8 Å². The molecule has 2 aromatic heterocycles. The molecule has 0 aromatic carbocycles. The van der Waals surface area contributed by atoms with Crippen molar-refractivity contribution in [2.24, 2.45) is 0 Å². The Morgan fingerprint density at radius 3 is 3.06 bits per heavy atom. The largest absolute Gasteiger partial charge is 0.360 e. The highest BCUT2D eigenvalue weighted by molar-refractivity contribution is 5.28. The van der Waals surface area contributed by atoms with E-state index in [0.717, 1.165) is 17.0 Å². The van der Waals surface area contributed by atoms with Crippen LogP contribution in [0.5, 0.6) is 0 Å². The third-order valence-corrected chi connectivity index (χ3v) is 2.94. The monoisotopic (exact) mass is 229 g/mol. The van der Waals surface area contributed by atoms with E-state index >= 15 is 0 Å². The summed E-state index contributed by atoms with van der Waals surface area (Å²) in [6.07, 6.45) is 3.97. The average molecular weight is 229 g/mol. The van der Waals surface area contributed by atoms with Gasteiger partial charge in [-0.05, 0) is 19.8 Å². The van der Waals surface area contributed by atoms with Crippen LogP contribution in [0.15, 0.2) is 10.7 Å². The topological polar surface area (TPSA) is 80.5 Å². The lowest BCUT2D eigenvalue weighted by Gasteiger charge is -2.00. The number of aryl methyl sites for hydroxylation is 1. The normalized spacial score (nSPS) is 14.8. The Balaban J connectivity index is 1.89. The van der Waals surface area contributed by atoms with Crippen molar-refractivity contribution in [3.8, 4) is 6.07 Å². The summed E-state index contributed by atoms with van der Waals surface area (Å²) in [7, 11) is 0. The summed E-state index contributed by atoms with van der Waals surface area (Å²) in [5.74, 6) is 1.49. The van der Waals surface area contributed by atoms with Gasteiger partial charge < -0.3 is 4.52 Å². The Morgan fingerprint density at radius 2 is 2.41 bits per heavy atom. The van der Waals surface area contributed by atoms with Gasteiger partial charge in [-0.1, -0.05) is 10.4 Å². The van der Waals surface area contributed by atoms with Crippen LogP contribution in [0, 0.1) is 18.3 Å². The number of hydrogen-bond acceptors (Lipinski definition) is 5. The number of aromatic nitrogens is 4. The SMILES string of the molecule is Cc1noc(C2CC2)c1Cn1cc(C#N)nn1. The molecule has 86 valence electrons. The Morgan fingerprint density at radius 1 is 1.59 bits per heavy atom. The molecule has 0 bridgehead atoms. The molecule has 0 atom stereocenters. The number of nitriles is 1. The zero-order chi connectivity index (χ0) is 11.8. The fourth-order valence-electron chi connectivity index (χ4n) is 1.85. The minimum absolute atomic E-state index is 0.326. The summed E-state index contributed by atoms with van der Waals surface area (Å²) >= 11 is 0. The van der Waals surface area contributed by atoms with Gasteiger partial charge in [-0.25, -0.2) is 4.68 Å².